The molecule has 26 heavy (non-hydrogen) atoms. The molecular weight excluding hydrogens is 343 g/mol. The summed E-state index contributed by atoms with van der Waals surface area (Å²) in [5.41, 5.74) is 0.625. The van der Waals surface area contributed by atoms with Crippen molar-refractivity contribution in [2.75, 3.05) is 36.0 Å². The topological polar surface area (TPSA) is 56.1 Å². The van der Waals surface area contributed by atoms with E-state index in [4.69, 9.17) is 5.26 Å². The molecule has 5 nitrogen and oxygen atoms in total. The molecular formula is C18H16F3N5. The second-order valence-corrected chi connectivity index (χ2v) is 6.71. The van der Waals surface area contributed by atoms with Gasteiger partial charge in [0.15, 0.2) is 0 Å². The zero-order chi connectivity index (χ0) is 18.3. The fourth-order valence-electron chi connectivity index (χ4n) is 3.92. The zero-order valence-electron chi connectivity index (χ0n) is 13.8. The molecule has 2 saturated heterocycles. The van der Waals surface area contributed by atoms with Crippen molar-refractivity contribution in [1.82, 2.24) is 9.97 Å². The van der Waals surface area contributed by atoms with Crippen molar-refractivity contribution in [2.24, 2.45) is 11.8 Å². The van der Waals surface area contributed by atoms with Crippen LogP contribution in [-0.4, -0.2) is 36.1 Å². The van der Waals surface area contributed by atoms with Crippen LogP contribution < -0.4 is 9.80 Å². The maximum Gasteiger partial charge on any atom is 0.419 e. The quantitative estimate of drug-likeness (QED) is 0.825. The van der Waals surface area contributed by atoms with Gasteiger partial charge in [-0.3, -0.25) is 0 Å². The highest BCUT2D eigenvalue weighted by atomic mass is 19.4. The summed E-state index contributed by atoms with van der Waals surface area (Å²) in [4.78, 5) is 11.9. The fourth-order valence-corrected chi connectivity index (χ4v) is 3.92. The molecule has 134 valence electrons. The van der Waals surface area contributed by atoms with Gasteiger partial charge in [-0.05, 0) is 24.3 Å². The van der Waals surface area contributed by atoms with Crippen molar-refractivity contribution in [3.05, 3.63) is 47.9 Å². The third-order valence-corrected chi connectivity index (χ3v) is 5.10. The molecule has 4 heterocycles. The first-order chi connectivity index (χ1) is 12.5. The normalized spacial score (nSPS) is 22.4. The molecule has 0 aromatic carbocycles. The molecule has 4 rings (SSSR count). The number of fused-ring (bicyclic) bond motifs is 1. The van der Waals surface area contributed by atoms with E-state index in [1.54, 1.807) is 17.2 Å². The van der Waals surface area contributed by atoms with Crippen LogP contribution >= 0.6 is 0 Å². The number of anilines is 2. The molecule has 2 fully saturated rings. The van der Waals surface area contributed by atoms with E-state index in [1.807, 2.05) is 12.1 Å². The lowest BCUT2D eigenvalue weighted by molar-refractivity contribution is -0.137. The van der Waals surface area contributed by atoms with Gasteiger partial charge >= 0.3 is 6.18 Å². The maximum atomic E-state index is 13.2. The maximum absolute atomic E-state index is 13.2. The van der Waals surface area contributed by atoms with E-state index >= 15 is 0 Å². The van der Waals surface area contributed by atoms with E-state index in [0.717, 1.165) is 24.8 Å². The second kappa shape index (κ2) is 6.16. The molecule has 0 N–H and O–H groups in total. The number of nitriles is 1. The van der Waals surface area contributed by atoms with Crippen LogP contribution in [0.5, 0.6) is 0 Å². The number of hydrogen-bond donors (Lipinski definition) is 0. The third kappa shape index (κ3) is 2.94. The average Bonchev–Trinajstić information content (AvgIpc) is 3.20. The van der Waals surface area contributed by atoms with E-state index < -0.39 is 11.7 Å². The monoisotopic (exact) mass is 359 g/mol. The van der Waals surface area contributed by atoms with Crippen molar-refractivity contribution in [2.45, 2.75) is 6.18 Å². The molecule has 0 amide bonds. The van der Waals surface area contributed by atoms with Crippen LogP contribution in [0.15, 0.2) is 36.7 Å². The first-order valence-corrected chi connectivity index (χ1v) is 8.34. The SMILES string of the molecule is N#Cc1cc(N2CC3CN(c4ncccc4C(F)(F)F)CC3C2)ccn1. The van der Waals surface area contributed by atoms with Crippen molar-refractivity contribution >= 4 is 11.5 Å². The Kier molecular flexibility index (Phi) is 3.94. The van der Waals surface area contributed by atoms with Crippen molar-refractivity contribution in [1.29, 1.82) is 5.26 Å². The van der Waals surface area contributed by atoms with Gasteiger partial charge in [0.1, 0.15) is 17.6 Å². The molecule has 2 aromatic rings. The van der Waals surface area contributed by atoms with Gasteiger partial charge in [-0.25, -0.2) is 9.97 Å². The number of halogens is 3. The Labute approximate surface area is 148 Å². The highest BCUT2D eigenvalue weighted by Crippen LogP contribution is 2.40. The minimum atomic E-state index is -4.40. The molecule has 2 unspecified atom stereocenters. The Balaban J connectivity index is 1.50. The minimum absolute atomic E-state index is 0.0247. The summed E-state index contributed by atoms with van der Waals surface area (Å²) in [7, 11) is 0. The number of pyridine rings is 2. The Morgan fingerprint density at radius 1 is 1.00 bits per heavy atom. The standard InChI is InChI=1S/C18H16F3N5/c19-18(20,21)16-2-1-4-24-17(16)26-10-12-8-25(9-13(12)11-26)15-3-5-23-14(6-15)7-22/h1-6,12-13H,8-11H2. The number of alkyl halides is 3. The first kappa shape index (κ1) is 16.6. The Morgan fingerprint density at radius 3 is 2.35 bits per heavy atom. The summed E-state index contributed by atoms with van der Waals surface area (Å²) < 4.78 is 39.7. The number of nitrogens with zero attached hydrogens (tertiary/aromatic N) is 5. The zero-order valence-corrected chi connectivity index (χ0v) is 13.8. The van der Waals surface area contributed by atoms with Crippen LogP contribution in [0.2, 0.25) is 0 Å². The molecule has 2 aliphatic rings. The Bertz CT molecular complexity index is 846. The predicted octanol–water partition coefficient (Wildman–Crippen LogP) is 2.94. The molecule has 0 saturated carbocycles. The smallest absolute Gasteiger partial charge is 0.371 e. The van der Waals surface area contributed by atoms with Gasteiger partial charge in [-0.2, -0.15) is 18.4 Å². The van der Waals surface area contributed by atoms with Crippen LogP contribution in [0.4, 0.5) is 24.7 Å². The summed E-state index contributed by atoms with van der Waals surface area (Å²) in [6.45, 7) is 2.61. The van der Waals surface area contributed by atoms with Crippen molar-refractivity contribution in [3.63, 3.8) is 0 Å². The fraction of sp³-hybridized carbons (Fsp3) is 0.389. The Hall–Kier alpha value is -2.82. The van der Waals surface area contributed by atoms with E-state index in [2.05, 4.69) is 14.9 Å². The number of rotatable bonds is 2. The Morgan fingerprint density at radius 2 is 1.69 bits per heavy atom. The van der Waals surface area contributed by atoms with Gasteiger partial charge < -0.3 is 9.80 Å². The summed E-state index contributed by atoms with van der Waals surface area (Å²) in [5, 5.41) is 8.98. The van der Waals surface area contributed by atoms with E-state index in [-0.39, 0.29) is 17.7 Å². The molecule has 0 bridgehead atoms. The number of hydrogen-bond acceptors (Lipinski definition) is 5. The molecule has 2 atom stereocenters. The summed E-state index contributed by atoms with van der Waals surface area (Å²) in [5.74, 6) is 0.574. The van der Waals surface area contributed by atoms with E-state index in [0.29, 0.717) is 18.8 Å². The van der Waals surface area contributed by atoms with Crippen molar-refractivity contribution < 1.29 is 13.2 Å². The van der Waals surface area contributed by atoms with Crippen LogP contribution in [0, 0.1) is 23.2 Å². The van der Waals surface area contributed by atoms with Gasteiger partial charge in [-0.1, -0.05) is 0 Å². The molecule has 2 aromatic heterocycles. The highest BCUT2D eigenvalue weighted by Gasteiger charge is 2.43. The van der Waals surface area contributed by atoms with Crippen LogP contribution in [0.3, 0.4) is 0 Å². The number of aromatic nitrogens is 2. The van der Waals surface area contributed by atoms with Gasteiger partial charge in [-0.15, -0.1) is 0 Å². The van der Waals surface area contributed by atoms with Crippen LogP contribution in [0.25, 0.3) is 0 Å². The molecule has 8 heteroatoms. The van der Waals surface area contributed by atoms with Gasteiger partial charge in [0, 0.05) is 56.1 Å². The lowest BCUT2D eigenvalue weighted by Gasteiger charge is -2.25. The summed E-state index contributed by atoms with van der Waals surface area (Å²) in [6, 6.07) is 8.05. The van der Waals surface area contributed by atoms with E-state index in [9.17, 15) is 13.2 Å². The first-order valence-electron chi connectivity index (χ1n) is 8.34. The van der Waals surface area contributed by atoms with E-state index in [1.165, 1.54) is 12.3 Å². The van der Waals surface area contributed by atoms with Crippen molar-refractivity contribution in [3.8, 4) is 6.07 Å². The molecule has 0 aliphatic carbocycles. The largest absolute Gasteiger partial charge is 0.419 e. The predicted molar refractivity (Wildman–Crippen MR) is 89.6 cm³/mol. The van der Waals surface area contributed by atoms with Gasteiger partial charge in [0.2, 0.25) is 0 Å². The van der Waals surface area contributed by atoms with Gasteiger partial charge in [0.05, 0.1) is 5.56 Å². The lowest BCUT2D eigenvalue weighted by atomic mass is 10.0. The lowest BCUT2D eigenvalue weighted by Crippen LogP contribution is -2.30. The summed E-state index contributed by atoms with van der Waals surface area (Å²) >= 11 is 0. The van der Waals surface area contributed by atoms with Crippen LogP contribution in [0.1, 0.15) is 11.3 Å². The summed E-state index contributed by atoms with van der Waals surface area (Å²) in [6.07, 6.45) is -1.39. The average molecular weight is 359 g/mol. The highest BCUT2D eigenvalue weighted by molar-refractivity contribution is 5.53. The van der Waals surface area contributed by atoms with Crippen LogP contribution in [-0.2, 0) is 6.18 Å². The minimum Gasteiger partial charge on any atom is -0.371 e. The molecule has 2 aliphatic heterocycles. The van der Waals surface area contributed by atoms with Gasteiger partial charge in [0.25, 0.3) is 0 Å². The molecule has 0 spiro atoms. The molecule has 0 radical (unpaired) electrons. The second-order valence-electron chi connectivity index (χ2n) is 6.71. The third-order valence-electron chi connectivity index (χ3n) is 5.10.